The number of rotatable bonds is 7. The van der Waals surface area contributed by atoms with Gasteiger partial charge >= 0.3 is 0 Å². The molecule has 1 aliphatic heterocycles. The number of hydrogen-bond acceptors (Lipinski definition) is 5. The van der Waals surface area contributed by atoms with Crippen LogP contribution in [-0.4, -0.2) is 58.0 Å². The first-order chi connectivity index (χ1) is 12.4. The summed E-state index contributed by atoms with van der Waals surface area (Å²) in [5.41, 5.74) is 0.575. The largest absolute Gasteiger partial charge is 0.304 e. The van der Waals surface area contributed by atoms with Crippen LogP contribution in [0, 0.1) is 5.82 Å². The van der Waals surface area contributed by atoms with E-state index < -0.39 is 10.0 Å². The third-order valence-corrected chi connectivity index (χ3v) is 6.91. The molecule has 1 aromatic carbocycles. The Balaban J connectivity index is 1.66. The third kappa shape index (κ3) is 5.34. The van der Waals surface area contributed by atoms with Gasteiger partial charge in [0.25, 0.3) is 0 Å². The highest BCUT2D eigenvalue weighted by molar-refractivity contribution is 7.88. The fourth-order valence-corrected chi connectivity index (χ4v) is 5.09. The van der Waals surface area contributed by atoms with Crippen LogP contribution >= 0.6 is 11.3 Å². The minimum atomic E-state index is -3.49. The second-order valence-electron chi connectivity index (χ2n) is 6.60. The average molecular weight is 398 g/mol. The molecule has 8 heteroatoms. The molecular weight excluding hydrogens is 373 g/mol. The SMILES string of the molecule is CN1CCN([C@H](CNS(=O)(=O)Cc2ccc(F)cc2)c2cccs2)CC1. The molecule has 2 aromatic rings. The van der Waals surface area contributed by atoms with Gasteiger partial charge in [-0.15, -0.1) is 11.3 Å². The van der Waals surface area contributed by atoms with Crippen molar-refractivity contribution in [2.24, 2.45) is 0 Å². The Morgan fingerprint density at radius 2 is 1.85 bits per heavy atom. The molecule has 26 heavy (non-hydrogen) atoms. The molecule has 3 rings (SSSR count). The van der Waals surface area contributed by atoms with Crippen molar-refractivity contribution >= 4 is 21.4 Å². The van der Waals surface area contributed by atoms with Crippen molar-refractivity contribution in [3.8, 4) is 0 Å². The minimum Gasteiger partial charge on any atom is -0.304 e. The van der Waals surface area contributed by atoms with Gasteiger partial charge in [-0.2, -0.15) is 0 Å². The number of likely N-dealkylation sites (N-methyl/N-ethyl adjacent to an activating group) is 1. The molecule has 0 saturated carbocycles. The Morgan fingerprint density at radius 3 is 2.46 bits per heavy atom. The van der Waals surface area contributed by atoms with Crippen LogP contribution in [0.15, 0.2) is 41.8 Å². The van der Waals surface area contributed by atoms with E-state index in [1.54, 1.807) is 11.3 Å². The summed E-state index contributed by atoms with van der Waals surface area (Å²) in [6, 6.07) is 9.66. The summed E-state index contributed by atoms with van der Waals surface area (Å²) < 4.78 is 40.7. The summed E-state index contributed by atoms with van der Waals surface area (Å²) >= 11 is 1.65. The predicted octanol–water partition coefficient (Wildman–Crippen LogP) is 2.30. The average Bonchev–Trinajstić information content (AvgIpc) is 3.13. The summed E-state index contributed by atoms with van der Waals surface area (Å²) in [5.74, 6) is -0.514. The first-order valence-corrected chi connectivity index (χ1v) is 11.1. The number of piperazine rings is 1. The van der Waals surface area contributed by atoms with Crippen molar-refractivity contribution in [1.29, 1.82) is 0 Å². The van der Waals surface area contributed by atoms with Gasteiger partial charge in [-0.05, 0) is 36.2 Å². The number of thiophene rings is 1. The standard InChI is InChI=1S/C18H24FN3O2S2/c1-21-8-10-22(11-9-21)17(18-3-2-12-25-18)13-20-26(23,24)14-15-4-6-16(19)7-5-15/h2-7,12,17,20H,8-11,13-14H2,1H3/t17-/m1/s1. The van der Waals surface area contributed by atoms with Crippen molar-refractivity contribution < 1.29 is 12.8 Å². The van der Waals surface area contributed by atoms with Gasteiger partial charge < -0.3 is 4.90 Å². The zero-order chi connectivity index (χ0) is 18.6. The van der Waals surface area contributed by atoms with Crippen molar-refractivity contribution in [2.75, 3.05) is 39.8 Å². The van der Waals surface area contributed by atoms with Gasteiger partial charge in [-0.3, -0.25) is 4.90 Å². The van der Waals surface area contributed by atoms with E-state index in [9.17, 15) is 12.8 Å². The number of nitrogens with one attached hydrogen (secondary N) is 1. The van der Waals surface area contributed by atoms with E-state index in [-0.39, 0.29) is 17.6 Å². The van der Waals surface area contributed by atoms with E-state index in [1.165, 1.54) is 29.1 Å². The summed E-state index contributed by atoms with van der Waals surface area (Å²) in [4.78, 5) is 5.78. The van der Waals surface area contributed by atoms with E-state index in [1.807, 2.05) is 11.4 Å². The Bertz CT molecular complexity index is 786. The van der Waals surface area contributed by atoms with Crippen LogP contribution in [0.1, 0.15) is 16.5 Å². The van der Waals surface area contributed by atoms with Crippen molar-refractivity contribution in [1.82, 2.24) is 14.5 Å². The first kappa shape index (κ1) is 19.4. The molecule has 0 radical (unpaired) electrons. The number of benzene rings is 1. The highest BCUT2D eigenvalue weighted by Gasteiger charge is 2.26. The molecular formula is C18H24FN3O2S2. The molecule has 0 aliphatic carbocycles. The lowest BCUT2D eigenvalue weighted by molar-refractivity contribution is 0.114. The third-order valence-electron chi connectivity index (χ3n) is 4.62. The van der Waals surface area contributed by atoms with E-state index in [4.69, 9.17) is 0 Å². The maximum atomic E-state index is 13.0. The summed E-state index contributed by atoms with van der Waals surface area (Å²) in [6.07, 6.45) is 0. The van der Waals surface area contributed by atoms with Crippen molar-refractivity contribution in [3.05, 3.63) is 58.0 Å². The minimum absolute atomic E-state index is 0.0340. The second-order valence-corrected chi connectivity index (χ2v) is 9.39. The Morgan fingerprint density at radius 1 is 1.15 bits per heavy atom. The van der Waals surface area contributed by atoms with E-state index in [0.29, 0.717) is 12.1 Å². The highest BCUT2D eigenvalue weighted by Crippen LogP contribution is 2.26. The van der Waals surface area contributed by atoms with Crippen LogP contribution in [-0.2, 0) is 15.8 Å². The molecule has 0 amide bonds. The van der Waals surface area contributed by atoms with Crippen LogP contribution in [0.25, 0.3) is 0 Å². The molecule has 1 saturated heterocycles. The van der Waals surface area contributed by atoms with Crippen LogP contribution in [0.5, 0.6) is 0 Å². The number of sulfonamides is 1. The topological polar surface area (TPSA) is 52.6 Å². The van der Waals surface area contributed by atoms with Crippen LogP contribution in [0.2, 0.25) is 0 Å². The molecule has 2 heterocycles. The van der Waals surface area contributed by atoms with Gasteiger partial charge in [-0.25, -0.2) is 17.5 Å². The molecule has 142 valence electrons. The molecule has 1 aromatic heterocycles. The van der Waals surface area contributed by atoms with Gasteiger partial charge in [-0.1, -0.05) is 18.2 Å². The monoisotopic (exact) mass is 397 g/mol. The van der Waals surface area contributed by atoms with Gasteiger partial charge in [0, 0.05) is 37.6 Å². The van der Waals surface area contributed by atoms with E-state index in [2.05, 4.69) is 27.6 Å². The van der Waals surface area contributed by atoms with Crippen molar-refractivity contribution in [2.45, 2.75) is 11.8 Å². The number of nitrogens with zero attached hydrogens (tertiary/aromatic N) is 2. The highest BCUT2D eigenvalue weighted by atomic mass is 32.2. The van der Waals surface area contributed by atoms with Gasteiger partial charge in [0.2, 0.25) is 10.0 Å². The second kappa shape index (κ2) is 8.58. The fraction of sp³-hybridized carbons (Fsp3) is 0.444. The molecule has 5 nitrogen and oxygen atoms in total. The van der Waals surface area contributed by atoms with Crippen LogP contribution < -0.4 is 4.72 Å². The molecule has 0 bridgehead atoms. The van der Waals surface area contributed by atoms with Gasteiger partial charge in [0.15, 0.2) is 0 Å². The molecule has 1 N–H and O–H groups in total. The summed E-state index contributed by atoms with van der Waals surface area (Å²) in [7, 11) is -1.39. The number of hydrogen-bond donors (Lipinski definition) is 1. The van der Waals surface area contributed by atoms with E-state index >= 15 is 0 Å². The smallest absolute Gasteiger partial charge is 0.215 e. The Hall–Kier alpha value is -1.32. The zero-order valence-electron chi connectivity index (χ0n) is 14.8. The quantitative estimate of drug-likeness (QED) is 0.779. The van der Waals surface area contributed by atoms with Gasteiger partial charge in [0.1, 0.15) is 5.82 Å². The Kier molecular flexibility index (Phi) is 6.42. The normalized spacial score (nSPS) is 18.1. The molecule has 1 fully saturated rings. The molecule has 1 atom stereocenters. The molecule has 0 unspecified atom stereocenters. The lowest BCUT2D eigenvalue weighted by Crippen LogP contribution is -2.48. The van der Waals surface area contributed by atoms with Gasteiger partial charge in [0.05, 0.1) is 11.8 Å². The first-order valence-electron chi connectivity index (χ1n) is 8.61. The summed E-state index contributed by atoms with van der Waals surface area (Å²) in [5, 5.41) is 2.02. The maximum Gasteiger partial charge on any atom is 0.215 e. The van der Waals surface area contributed by atoms with Crippen LogP contribution in [0.3, 0.4) is 0 Å². The lowest BCUT2D eigenvalue weighted by Gasteiger charge is -2.37. The molecule has 0 spiro atoms. The van der Waals surface area contributed by atoms with Crippen molar-refractivity contribution in [3.63, 3.8) is 0 Å². The fourth-order valence-electron chi connectivity index (χ4n) is 3.08. The predicted molar refractivity (Wildman–Crippen MR) is 103 cm³/mol. The Labute approximate surface area is 158 Å². The maximum absolute atomic E-state index is 13.0. The number of halogens is 1. The summed E-state index contributed by atoms with van der Waals surface area (Å²) in [6.45, 7) is 4.12. The van der Waals surface area contributed by atoms with Crippen LogP contribution in [0.4, 0.5) is 4.39 Å². The van der Waals surface area contributed by atoms with E-state index in [0.717, 1.165) is 26.2 Å². The molecule has 1 aliphatic rings. The lowest BCUT2D eigenvalue weighted by atomic mass is 10.2. The zero-order valence-corrected chi connectivity index (χ0v) is 16.4.